The monoisotopic (exact) mass is 342 g/mol. The first-order chi connectivity index (χ1) is 10.2. The van der Waals surface area contributed by atoms with Gasteiger partial charge in [0.25, 0.3) is 0 Å². The Labute approximate surface area is 142 Å². The highest BCUT2D eigenvalue weighted by Gasteiger charge is 2.32. The first kappa shape index (κ1) is 17.6. The van der Waals surface area contributed by atoms with Crippen molar-refractivity contribution in [3.63, 3.8) is 0 Å². The minimum Gasteiger partial charge on any atom is -0.379 e. The number of benzene rings is 1. The van der Waals surface area contributed by atoms with Crippen LogP contribution in [0.5, 0.6) is 0 Å². The van der Waals surface area contributed by atoms with Gasteiger partial charge in [-0.05, 0) is 12.5 Å². The molecule has 0 bridgehead atoms. The lowest BCUT2D eigenvalue weighted by atomic mass is 10.1. The molecule has 0 N–H and O–H groups in total. The average Bonchev–Trinajstić information content (AvgIpc) is 2.88. The van der Waals surface area contributed by atoms with Crippen molar-refractivity contribution >= 4 is 30.1 Å². The number of nitrogens with zero attached hydrogens (tertiary/aromatic N) is 2. The van der Waals surface area contributed by atoms with Gasteiger partial charge in [0, 0.05) is 26.2 Å². The molecule has 2 fully saturated rings. The minimum absolute atomic E-state index is 0. The molecule has 1 amide bonds. The molecule has 4 nitrogen and oxygen atoms in total. The lowest BCUT2D eigenvalue weighted by Gasteiger charge is -2.30. The molecule has 1 unspecified atom stereocenters. The number of amides is 1. The third-order valence-electron chi connectivity index (χ3n) is 4.09. The van der Waals surface area contributed by atoms with E-state index in [4.69, 9.17) is 4.74 Å². The molecule has 2 aliphatic rings. The Morgan fingerprint density at radius 2 is 1.86 bits per heavy atom. The molecule has 0 saturated carbocycles. The topological polar surface area (TPSA) is 32.8 Å². The maximum Gasteiger partial charge on any atom is 0.233 e. The van der Waals surface area contributed by atoms with Crippen LogP contribution in [0.4, 0.5) is 0 Å². The van der Waals surface area contributed by atoms with Gasteiger partial charge >= 0.3 is 0 Å². The molecule has 1 aromatic rings. The molecule has 0 spiro atoms. The molecule has 0 aliphatic carbocycles. The summed E-state index contributed by atoms with van der Waals surface area (Å²) in [5.41, 5.74) is 2.49. The summed E-state index contributed by atoms with van der Waals surface area (Å²) in [6.07, 6.45) is 0. The number of rotatable bonds is 4. The molecule has 1 atom stereocenters. The Morgan fingerprint density at radius 3 is 2.55 bits per heavy atom. The largest absolute Gasteiger partial charge is 0.379 e. The second kappa shape index (κ2) is 8.20. The van der Waals surface area contributed by atoms with Crippen molar-refractivity contribution in [1.29, 1.82) is 0 Å². The quantitative estimate of drug-likeness (QED) is 0.840. The zero-order valence-electron chi connectivity index (χ0n) is 12.9. The van der Waals surface area contributed by atoms with E-state index >= 15 is 0 Å². The number of carbonyl (C=O) groups is 1. The first-order valence-corrected chi connectivity index (χ1v) is 8.56. The summed E-state index contributed by atoms with van der Waals surface area (Å²) in [4.78, 5) is 16.6. The van der Waals surface area contributed by atoms with Gasteiger partial charge in [0.1, 0.15) is 5.37 Å². The highest BCUT2D eigenvalue weighted by Crippen LogP contribution is 2.38. The number of thioether (sulfide) groups is 1. The molecule has 2 aliphatic heterocycles. The lowest BCUT2D eigenvalue weighted by Crippen LogP contribution is -2.42. The normalized spacial score (nSPS) is 22.7. The van der Waals surface area contributed by atoms with E-state index < -0.39 is 0 Å². The van der Waals surface area contributed by atoms with Gasteiger partial charge in [0.2, 0.25) is 5.91 Å². The number of ether oxygens (including phenoxy) is 1. The summed E-state index contributed by atoms with van der Waals surface area (Å²) >= 11 is 1.74. The summed E-state index contributed by atoms with van der Waals surface area (Å²) in [5.74, 6) is 0.862. The van der Waals surface area contributed by atoms with Crippen molar-refractivity contribution in [3.05, 3.63) is 35.4 Å². The molecule has 0 aromatic heterocycles. The van der Waals surface area contributed by atoms with E-state index in [-0.39, 0.29) is 23.7 Å². The summed E-state index contributed by atoms with van der Waals surface area (Å²) in [6.45, 7) is 7.41. The zero-order valence-corrected chi connectivity index (χ0v) is 14.5. The Kier molecular flexibility index (Phi) is 6.56. The fraction of sp³-hybridized carbons (Fsp3) is 0.562. The number of morpholine rings is 1. The third-order valence-corrected chi connectivity index (χ3v) is 5.35. The van der Waals surface area contributed by atoms with Crippen molar-refractivity contribution < 1.29 is 9.53 Å². The Morgan fingerprint density at radius 1 is 1.18 bits per heavy atom. The van der Waals surface area contributed by atoms with E-state index in [1.165, 1.54) is 11.1 Å². The summed E-state index contributed by atoms with van der Waals surface area (Å²) < 4.78 is 5.37. The third kappa shape index (κ3) is 4.16. The van der Waals surface area contributed by atoms with Crippen LogP contribution >= 0.6 is 24.2 Å². The van der Waals surface area contributed by atoms with Crippen LogP contribution < -0.4 is 0 Å². The van der Waals surface area contributed by atoms with E-state index in [1.807, 2.05) is 4.90 Å². The SMILES string of the molecule is Cc1ccc(C2SCC(=O)N2CCN2CCOCC2)cc1.Cl. The molecule has 6 heteroatoms. The van der Waals surface area contributed by atoms with Crippen molar-refractivity contribution in [2.45, 2.75) is 12.3 Å². The van der Waals surface area contributed by atoms with Gasteiger partial charge in [-0.3, -0.25) is 9.69 Å². The van der Waals surface area contributed by atoms with Crippen LogP contribution in [-0.2, 0) is 9.53 Å². The van der Waals surface area contributed by atoms with Crippen LogP contribution in [0.1, 0.15) is 16.5 Å². The summed E-state index contributed by atoms with van der Waals surface area (Å²) in [6, 6.07) is 8.54. The maximum atomic E-state index is 12.2. The van der Waals surface area contributed by atoms with E-state index in [0.29, 0.717) is 5.75 Å². The van der Waals surface area contributed by atoms with Crippen LogP contribution in [0.3, 0.4) is 0 Å². The minimum atomic E-state index is 0. The molecule has 122 valence electrons. The zero-order chi connectivity index (χ0) is 14.7. The van der Waals surface area contributed by atoms with E-state index in [9.17, 15) is 4.79 Å². The predicted molar refractivity (Wildman–Crippen MR) is 92.6 cm³/mol. The van der Waals surface area contributed by atoms with Crippen LogP contribution in [0.25, 0.3) is 0 Å². The molecular formula is C16H23ClN2O2S. The van der Waals surface area contributed by atoms with Crippen LogP contribution in [-0.4, -0.2) is 60.9 Å². The summed E-state index contributed by atoms with van der Waals surface area (Å²) in [7, 11) is 0. The predicted octanol–water partition coefficient (Wildman–Crippen LogP) is 2.32. The van der Waals surface area contributed by atoms with Crippen LogP contribution in [0, 0.1) is 6.92 Å². The molecule has 2 saturated heterocycles. The van der Waals surface area contributed by atoms with Gasteiger partial charge < -0.3 is 9.64 Å². The van der Waals surface area contributed by atoms with Crippen molar-refractivity contribution in [2.75, 3.05) is 45.1 Å². The number of hydrogen-bond donors (Lipinski definition) is 0. The number of carbonyl (C=O) groups excluding carboxylic acids is 1. The van der Waals surface area contributed by atoms with E-state index in [0.717, 1.165) is 39.4 Å². The molecule has 2 heterocycles. The van der Waals surface area contributed by atoms with Crippen molar-refractivity contribution in [2.24, 2.45) is 0 Å². The van der Waals surface area contributed by atoms with E-state index in [1.54, 1.807) is 11.8 Å². The van der Waals surface area contributed by atoms with Gasteiger partial charge in [0.05, 0.1) is 19.0 Å². The first-order valence-electron chi connectivity index (χ1n) is 7.52. The standard InChI is InChI=1S/C16H22N2O2S.ClH/c1-13-2-4-14(5-3-13)16-18(15(19)12-21-16)7-6-17-8-10-20-11-9-17;/h2-5,16H,6-12H2,1H3;1H. The smallest absolute Gasteiger partial charge is 0.233 e. The molecule has 0 radical (unpaired) electrons. The second-order valence-electron chi connectivity index (χ2n) is 5.62. The highest BCUT2D eigenvalue weighted by atomic mass is 35.5. The van der Waals surface area contributed by atoms with Gasteiger partial charge in [-0.1, -0.05) is 29.8 Å². The second-order valence-corrected chi connectivity index (χ2v) is 6.68. The molecule has 22 heavy (non-hydrogen) atoms. The Balaban J connectivity index is 0.00000176. The number of halogens is 1. The van der Waals surface area contributed by atoms with Gasteiger partial charge in [-0.25, -0.2) is 0 Å². The van der Waals surface area contributed by atoms with Crippen LogP contribution in [0.15, 0.2) is 24.3 Å². The maximum absolute atomic E-state index is 12.2. The van der Waals surface area contributed by atoms with Crippen LogP contribution in [0.2, 0.25) is 0 Å². The summed E-state index contributed by atoms with van der Waals surface area (Å²) in [5, 5.41) is 0.180. The molecule has 3 rings (SSSR count). The fourth-order valence-corrected chi connectivity index (χ4v) is 4.00. The van der Waals surface area contributed by atoms with Gasteiger partial charge in [-0.15, -0.1) is 24.2 Å². The van der Waals surface area contributed by atoms with Crippen molar-refractivity contribution in [3.8, 4) is 0 Å². The molecule has 1 aromatic carbocycles. The Hall–Kier alpha value is -0.750. The Bertz CT molecular complexity index is 491. The molecular weight excluding hydrogens is 320 g/mol. The van der Waals surface area contributed by atoms with Crippen molar-refractivity contribution in [1.82, 2.24) is 9.80 Å². The highest BCUT2D eigenvalue weighted by molar-refractivity contribution is 8.00. The van der Waals surface area contributed by atoms with Gasteiger partial charge in [-0.2, -0.15) is 0 Å². The average molecular weight is 343 g/mol. The number of aryl methyl sites for hydroxylation is 1. The lowest BCUT2D eigenvalue weighted by molar-refractivity contribution is -0.128. The van der Waals surface area contributed by atoms with E-state index in [2.05, 4.69) is 36.1 Å². The number of hydrogen-bond acceptors (Lipinski definition) is 4. The fourth-order valence-electron chi connectivity index (χ4n) is 2.78. The van der Waals surface area contributed by atoms with Gasteiger partial charge in [0.15, 0.2) is 0 Å².